The van der Waals surface area contributed by atoms with E-state index >= 15 is 0 Å². The Labute approximate surface area is 402 Å². The average molecular weight is 880 g/mol. The summed E-state index contributed by atoms with van der Waals surface area (Å²) >= 11 is 0. The van der Waals surface area contributed by atoms with E-state index in [2.05, 4.69) is 266 Å². The molecule has 0 unspecified atom stereocenters. The van der Waals surface area contributed by atoms with Crippen LogP contribution in [0.2, 0.25) is 0 Å². The molecule has 1 aromatic heterocycles. The highest BCUT2D eigenvalue weighted by Gasteiger charge is 2.46. The van der Waals surface area contributed by atoms with Gasteiger partial charge in [0.05, 0.1) is 11.1 Å². The Morgan fingerprint density at radius 1 is 0.290 bits per heavy atom. The fraction of sp³-hybridized carbons (Fsp3) is 0.0149. The van der Waals surface area contributed by atoms with Gasteiger partial charge in [-0.15, -0.1) is 0 Å². The minimum atomic E-state index is -0.438. The molecule has 2 heteroatoms. The zero-order valence-corrected chi connectivity index (χ0v) is 37.8. The molecule has 0 saturated heterocycles. The number of hydrogen-bond acceptors (Lipinski definition) is 2. The van der Waals surface area contributed by atoms with Crippen LogP contribution in [0, 0.1) is 0 Å². The predicted molar refractivity (Wildman–Crippen MR) is 287 cm³/mol. The maximum absolute atomic E-state index is 6.57. The minimum absolute atomic E-state index is 0.438. The number of benzene rings is 11. The second kappa shape index (κ2) is 16.7. The van der Waals surface area contributed by atoms with Crippen LogP contribution in [0.25, 0.3) is 77.6 Å². The second-order valence-corrected chi connectivity index (χ2v) is 18.0. The molecule has 0 radical (unpaired) electrons. The normalized spacial score (nSPS) is 12.5. The lowest BCUT2D eigenvalue weighted by Gasteiger charge is -2.33. The third-order valence-corrected chi connectivity index (χ3v) is 14.2. The van der Waals surface area contributed by atoms with Crippen molar-refractivity contribution in [2.45, 2.75) is 5.41 Å². The Morgan fingerprint density at radius 2 is 0.812 bits per heavy atom. The predicted octanol–water partition coefficient (Wildman–Crippen LogP) is 18.1. The van der Waals surface area contributed by atoms with Crippen molar-refractivity contribution < 1.29 is 4.42 Å². The molecule has 69 heavy (non-hydrogen) atoms. The van der Waals surface area contributed by atoms with Gasteiger partial charge in [-0.05, 0) is 115 Å². The molecule has 0 atom stereocenters. The van der Waals surface area contributed by atoms with Crippen LogP contribution in [0.1, 0.15) is 22.3 Å². The summed E-state index contributed by atoms with van der Waals surface area (Å²) in [5.74, 6) is 0. The van der Waals surface area contributed by atoms with Crippen molar-refractivity contribution in [3.8, 4) is 55.6 Å². The van der Waals surface area contributed by atoms with Gasteiger partial charge < -0.3 is 9.32 Å². The summed E-state index contributed by atoms with van der Waals surface area (Å²) in [5, 5.41) is 2.24. The van der Waals surface area contributed by atoms with Crippen molar-refractivity contribution in [3.05, 3.63) is 295 Å². The first-order valence-electron chi connectivity index (χ1n) is 23.7. The summed E-state index contributed by atoms with van der Waals surface area (Å²) in [5.41, 5.74) is 21.4. The van der Waals surface area contributed by atoms with Gasteiger partial charge in [0, 0.05) is 33.3 Å². The summed E-state index contributed by atoms with van der Waals surface area (Å²) in [6.45, 7) is 0. The van der Waals surface area contributed by atoms with Gasteiger partial charge in [-0.1, -0.05) is 224 Å². The van der Waals surface area contributed by atoms with Gasteiger partial charge in [-0.2, -0.15) is 0 Å². The van der Waals surface area contributed by atoms with Crippen LogP contribution >= 0.6 is 0 Å². The van der Waals surface area contributed by atoms with E-state index in [1.54, 1.807) is 0 Å². The molecule has 1 aliphatic rings. The fourth-order valence-electron chi connectivity index (χ4n) is 11.1. The number of furan rings is 1. The van der Waals surface area contributed by atoms with Crippen LogP contribution in [0.4, 0.5) is 17.1 Å². The first kappa shape index (κ1) is 40.3. The Kier molecular flexibility index (Phi) is 9.77. The molecule has 0 N–H and O–H groups in total. The number of rotatable bonds is 9. The topological polar surface area (TPSA) is 16.4 Å². The van der Waals surface area contributed by atoms with Gasteiger partial charge in [-0.25, -0.2) is 0 Å². The highest BCUT2D eigenvalue weighted by Crippen LogP contribution is 2.57. The van der Waals surface area contributed by atoms with Crippen LogP contribution in [0.3, 0.4) is 0 Å². The van der Waals surface area contributed by atoms with E-state index in [1.165, 1.54) is 55.6 Å². The monoisotopic (exact) mass is 879 g/mol. The van der Waals surface area contributed by atoms with Crippen molar-refractivity contribution in [2.75, 3.05) is 4.90 Å². The van der Waals surface area contributed by atoms with Gasteiger partial charge in [0.15, 0.2) is 0 Å². The molecule has 2 nitrogen and oxygen atoms in total. The van der Waals surface area contributed by atoms with Crippen molar-refractivity contribution in [1.82, 2.24) is 0 Å². The molecule has 12 aromatic rings. The molecule has 1 aliphatic carbocycles. The number of para-hydroxylation sites is 3. The first-order chi connectivity index (χ1) is 34.2. The van der Waals surface area contributed by atoms with Crippen LogP contribution in [-0.2, 0) is 5.41 Å². The molecule has 11 aromatic carbocycles. The van der Waals surface area contributed by atoms with Gasteiger partial charge in [0.1, 0.15) is 11.2 Å². The van der Waals surface area contributed by atoms with Gasteiger partial charge in [0.25, 0.3) is 0 Å². The van der Waals surface area contributed by atoms with Crippen molar-refractivity contribution in [1.29, 1.82) is 0 Å². The lowest BCUT2D eigenvalue weighted by Crippen LogP contribution is -2.28. The maximum atomic E-state index is 6.57. The van der Waals surface area contributed by atoms with Crippen molar-refractivity contribution in [3.63, 3.8) is 0 Å². The summed E-state index contributed by atoms with van der Waals surface area (Å²) in [6, 6.07) is 99.2. The molecule has 13 rings (SSSR count). The number of anilines is 3. The summed E-state index contributed by atoms with van der Waals surface area (Å²) < 4.78 is 6.57. The molecular formula is C67H45NO. The van der Waals surface area contributed by atoms with E-state index in [-0.39, 0.29) is 0 Å². The van der Waals surface area contributed by atoms with Gasteiger partial charge in [0.2, 0.25) is 0 Å². The minimum Gasteiger partial charge on any atom is -0.455 e. The van der Waals surface area contributed by atoms with E-state index in [1.807, 2.05) is 12.1 Å². The third-order valence-electron chi connectivity index (χ3n) is 14.2. The van der Waals surface area contributed by atoms with E-state index in [0.717, 1.165) is 61.3 Å². The van der Waals surface area contributed by atoms with E-state index in [4.69, 9.17) is 4.42 Å². The van der Waals surface area contributed by atoms with E-state index in [9.17, 15) is 0 Å². The summed E-state index contributed by atoms with van der Waals surface area (Å²) in [6.07, 6.45) is 0. The molecule has 0 fully saturated rings. The molecule has 0 aliphatic heterocycles. The quantitative estimate of drug-likeness (QED) is 0.144. The molecule has 0 bridgehead atoms. The Morgan fingerprint density at radius 3 is 1.59 bits per heavy atom. The van der Waals surface area contributed by atoms with Crippen LogP contribution in [0.15, 0.2) is 277 Å². The van der Waals surface area contributed by atoms with Crippen LogP contribution in [0.5, 0.6) is 0 Å². The molecule has 0 spiro atoms. The van der Waals surface area contributed by atoms with Crippen molar-refractivity contribution in [2.24, 2.45) is 0 Å². The fourth-order valence-corrected chi connectivity index (χ4v) is 11.1. The summed E-state index contributed by atoms with van der Waals surface area (Å²) in [7, 11) is 0. The maximum Gasteiger partial charge on any atom is 0.143 e. The molecule has 1 heterocycles. The molecule has 0 amide bonds. The standard InChI is InChI=1S/C67H45NO/c1-4-19-46(20-5-1)47-37-40-54(41-38-47)68(55-28-17-23-51(44-55)57-32-18-33-60-59-31-12-15-36-65(59)69-66(57)60)64-35-14-11-29-56(64)50-22-16-21-48(43-50)49-39-42-63-61(45-49)58-30-10-13-34-62(58)67(63,52-24-6-2-7-25-52)53-26-8-3-9-27-53/h1-45H. The Balaban J connectivity index is 0.943. The number of fused-ring (bicyclic) bond motifs is 6. The molecule has 0 saturated carbocycles. The average Bonchev–Trinajstić information content (AvgIpc) is 3.96. The molecular weight excluding hydrogens is 835 g/mol. The second-order valence-electron chi connectivity index (χ2n) is 18.0. The van der Waals surface area contributed by atoms with E-state index in [0.29, 0.717) is 0 Å². The van der Waals surface area contributed by atoms with E-state index < -0.39 is 5.41 Å². The highest BCUT2D eigenvalue weighted by molar-refractivity contribution is 6.09. The van der Waals surface area contributed by atoms with Gasteiger partial charge >= 0.3 is 0 Å². The highest BCUT2D eigenvalue weighted by atomic mass is 16.3. The lowest BCUT2D eigenvalue weighted by atomic mass is 9.67. The smallest absolute Gasteiger partial charge is 0.143 e. The lowest BCUT2D eigenvalue weighted by molar-refractivity contribution is 0.670. The zero-order chi connectivity index (χ0) is 45.7. The van der Waals surface area contributed by atoms with Crippen LogP contribution in [-0.4, -0.2) is 0 Å². The largest absolute Gasteiger partial charge is 0.455 e. The van der Waals surface area contributed by atoms with Crippen molar-refractivity contribution >= 4 is 39.0 Å². The first-order valence-corrected chi connectivity index (χ1v) is 23.7. The third kappa shape index (κ3) is 6.72. The summed E-state index contributed by atoms with van der Waals surface area (Å²) in [4.78, 5) is 2.40. The SMILES string of the molecule is c1ccc(-c2ccc(N(c3cccc(-c4cccc5c4oc4ccccc45)c3)c3ccccc3-c3cccc(-c4ccc5c(c4)-c4ccccc4C5(c4ccccc4)c4ccccc4)c3)cc2)cc1. The Hall–Kier alpha value is -8.98. The zero-order valence-electron chi connectivity index (χ0n) is 37.8. The molecule has 324 valence electrons. The number of nitrogens with zero attached hydrogens (tertiary/aromatic N) is 1. The van der Waals surface area contributed by atoms with Crippen LogP contribution < -0.4 is 4.90 Å². The Bertz CT molecular complexity index is 3790. The number of hydrogen-bond donors (Lipinski definition) is 0. The van der Waals surface area contributed by atoms with Gasteiger partial charge in [-0.3, -0.25) is 0 Å².